The highest BCUT2D eigenvalue weighted by atomic mass is 19.4. The van der Waals surface area contributed by atoms with Crippen molar-refractivity contribution in [1.82, 2.24) is 9.55 Å². The Morgan fingerprint density at radius 1 is 1.26 bits per heavy atom. The molecule has 10 heteroatoms. The number of carbonyl (C=O) groups is 1. The fraction of sp³-hybridized carbons (Fsp3) is 0.231. The van der Waals surface area contributed by atoms with E-state index >= 15 is 0 Å². The average molecular weight is 326 g/mol. The summed E-state index contributed by atoms with van der Waals surface area (Å²) in [6, 6.07) is 5.13. The van der Waals surface area contributed by atoms with Gasteiger partial charge in [0.05, 0.1) is 12.7 Å². The van der Waals surface area contributed by atoms with E-state index < -0.39 is 29.5 Å². The van der Waals surface area contributed by atoms with Crippen molar-refractivity contribution in [1.29, 1.82) is 0 Å². The van der Waals surface area contributed by atoms with Crippen molar-refractivity contribution >= 4 is 13.8 Å². The summed E-state index contributed by atoms with van der Waals surface area (Å²) in [6.07, 6.45) is -4.42. The van der Waals surface area contributed by atoms with Crippen molar-refractivity contribution in [2.45, 2.75) is 12.0 Å². The van der Waals surface area contributed by atoms with E-state index in [0.29, 0.717) is 10.8 Å². The molecule has 2 N–H and O–H groups in total. The number of ether oxygens (including phenoxy) is 1. The smallest absolute Gasteiger partial charge is 0.434 e. The van der Waals surface area contributed by atoms with Gasteiger partial charge in [0.15, 0.2) is 19.4 Å². The van der Waals surface area contributed by atoms with Crippen LogP contribution in [0.25, 0.3) is 11.4 Å². The maximum Gasteiger partial charge on any atom is 0.434 e. The van der Waals surface area contributed by atoms with Crippen molar-refractivity contribution in [2.75, 3.05) is 7.11 Å². The number of benzene rings is 1. The molecule has 1 aromatic heterocycles. The predicted octanol–water partition coefficient (Wildman–Crippen LogP) is 1.08. The number of hydrogen-bond donors (Lipinski definition) is 2. The van der Waals surface area contributed by atoms with Crippen LogP contribution < -0.4 is 0 Å². The minimum absolute atomic E-state index is 0.0890. The van der Waals surface area contributed by atoms with Crippen LogP contribution in [0.4, 0.5) is 13.2 Å². The molecule has 1 heterocycles. The summed E-state index contributed by atoms with van der Waals surface area (Å²) in [6.45, 7) is 0. The lowest BCUT2D eigenvalue weighted by molar-refractivity contribution is -0.153. The van der Waals surface area contributed by atoms with Gasteiger partial charge in [-0.2, -0.15) is 13.2 Å². The number of nitrogens with zero attached hydrogens (tertiary/aromatic N) is 2. The number of imidazole rings is 1. The highest BCUT2D eigenvalue weighted by Crippen LogP contribution is 2.32. The molecule has 0 aliphatic heterocycles. The summed E-state index contributed by atoms with van der Waals surface area (Å²) < 4.78 is 43.1. The number of hydrogen-bond acceptors (Lipinski definition) is 5. The quantitative estimate of drug-likeness (QED) is 0.501. The van der Waals surface area contributed by atoms with E-state index in [0.717, 1.165) is 0 Å². The maximum absolute atomic E-state index is 12.8. The third-order valence-corrected chi connectivity index (χ3v) is 2.92. The van der Waals surface area contributed by atoms with Crippen molar-refractivity contribution in [3.63, 3.8) is 0 Å². The first-order chi connectivity index (χ1) is 10.5. The topological polar surface area (TPSA) is 84.6 Å². The Kier molecular flexibility index (Phi) is 4.23. The van der Waals surface area contributed by atoms with Crippen molar-refractivity contribution < 1.29 is 32.9 Å². The summed E-state index contributed by atoms with van der Waals surface area (Å²) in [5, 5.41) is 18.8. The molecule has 0 aliphatic rings. The van der Waals surface area contributed by atoms with Crippen LogP contribution in [0.2, 0.25) is 0 Å². The number of esters is 1. The van der Waals surface area contributed by atoms with Crippen LogP contribution in [0, 0.1) is 0 Å². The second-order valence-corrected chi connectivity index (χ2v) is 4.57. The van der Waals surface area contributed by atoms with E-state index in [2.05, 4.69) is 9.72 Å². The van der Waals surface area contributed by atoms with Gasteiger partial charge < -0.3 is 14.9 Å². The second kappa shape index (κ2) is 5.71. The van der Waals surface area contributed by atoms with Crippen molar-refractivity contribution in [2.24, 2.45) is 0 Å². The van der Waals surface area contributed by atoms with Gasteiger partial charge in [-0.05, 0) is 12.1 Å². The molecule has 0 amide bonds. The van der Waals surface area contributed by atoms with Crippen molar-refractivity contribution in [3.05, 3.63) is 41.7 Å². The molecule has 0 aliphatic carbocycles. The van der Waals surface area contributed by atoms with Gasteiger partial charge in [-0.25, -0.2) is 9.78 Å². The molecule has 23 heavy (non-hydrogen) atoms. The number of aliphatic hydroxyl groups is 2. The molecule has 2 aromatic rings. The van der Waals surface area contributed by atoms with Crippen LogP contribution in [0.5, 0.6) is 0 Å². The largest absolute Gasteiger partial charge is 0.465 e. The average Bonchev–Trinajstić information content (AvgIpc) is 2.92. The second-order valence-electron chi connectivity index (χ2n) is 4.57. The molecule has 2 radical (unpaired) electrons. The molecule has 6 nitrogen and oxygen atoms in total. The van der Waals surface area contributed by atoms with Gasteiger partial charge in [-0.15, -0.1) is 0 Å². The standard InChI is InChI=1S/C13H10BF3N2O4/c1-23-11(20)8-4-2-7(3-5-8)10-18-9(12(15,16)17)6-19(10)13(14,21)22/h2-6,21-22H,1H3. The third-order valence-electron chi connectivity index (χ3n) is 2.92. The molecule has 2 rings (SSSR count). The van der Waals surface area contributed by atoms with Gasteiger partial charge in [-0.3, -0.25) is 4.57 Å². The van der Waals surface area contributed by atoms with Gasteiger partial charge in [0.2, 0.25) is 0 Å². The Morgan fingerprint density at radius 2 is 1.83 bits per heavy atom. The molecule has 120 valence electrons. The third kappa shape index (κ3) is 3.54. The summed E-state index contributed by atoms with van der Waals surface area (Å²) in [5.41, 5.74) is -1.09. The first kappa shape index (κ1) is 17.0. The lowest BCUT2D eigenvalue weighted by Crippen LogP contribution is -2.33. The summed E-state index contributed by atoms with van der Waals surface area (Å²) >= 11 is 0. The number of aromatic nitrogens is 2. The molecule has 0 saturated carbocycles. The molecular weight excluding hydrogens is 316 g/mol. The van der Waals surface area contributed by atoms with Gasteiger partial charge in [-0.1, -0.05) is 12.1 Å². The number of carbonyl (C=O) groups excluding carboxylic acids is 1. The zero-order valence-corrected chi connectivity index (χ0v) is 11.7. The Bertz CT molecular complexity index is 720. The van der Waals surface area contributed by atoms with E-state index in [9.17, 15) is 28.2 Å². The molecule has 0 atom stereocenters. The summed E-state index contributed by atoms with van der Waals surface area (Å²) in [7, 11) is 6.22. The maximum atomic E-state index is 12.8. The number of methoxy groups -OCH3 is 1. The Labute approximate surface area is 129 Å². The molecule has 0 fully saturated rings. The van der Waals surface area contributed by atoms with E-state index in [-0.39, 0.29) is 11.1 Å². The normalized spacial score (nSPS) is 12.3. The van der Waals surface area contributed by atoms with Crippen LogP contribution in [-0.2, 0) is 16.7 Å². The molecule has 0 unspecified atom stereocenters. The monoisotopic (exact) mass is 326 g/mol. The summed E-state index contributed by atoms with van der Waals surface area (Å²) in [4.78, 5) is 14.7. The first-order valence-electron chi connectivity index (χ1n) is 6.13. The minimum Gasteiger partial charge on any atom is -0.465 e. The van der Waals surface area contributed by atoms with Gasteiger partial charge >= 0.3 is 12.1 Å². The lowest BCUT2D eigenvalue weighted by atomic mass is 10.0. The summed E-state index contributed by atoms with van der Waals surface area (Å²) in [5.74, 6) is -4.14. The predicted molar refractivity (Wildman–Crippen MR) is 72.2 cm³/mol. The zero-order chi connectivity index (χ0) is 17.4. The Morgan fingerprint density at radius 3 is 2.26 bits per heavy atom. The van der Waals surface area contributed by atoms with Crippen LogP contribution >= 0.6 is 0 Å². The minimum atomic E-state index is -4.79. The Balaban J connectivity index is 2.53. The molecule has 0 saturated heterocycles. The van der Waals surface area contributed by atoms with E-state index in [1.54, 1.807) is 0 Å². The highest BCUT2D eigenvalue weighted by molar-refractivity contribution is 6.11. The van der Waals surface area contributed by atoms with Gasteiger partial charge in [0.1, 0.15) is 5.82 Å². The molecule has 0 bridgehead atoms. The van der Waals surface area contributed by atoms with E-state index in [1.807, 2.05) is 0 Å². The lowest BCUT2D eigenvalue weighted by Gasteiger charge is -2.21. The Hall–Kier alpha value is -2.33. The van der Waals surface area contributed by atoms with E-state index in [1.165, 1.54) is 31.4 Å². The number of halogens is 3. The molecule has 0 spiro atoms. The van der Waals surface area contributed by atoms with Crippen LogP contribution in [0.1, 0.15) is 16.1 Å². The van der Waals surface area contributed by atoms with Crippen LogP contribution in [-0.4, -0.2) is 40.7 Å². The fourth-order valence-electron chi connectivity index (χ4n) is 1.84. The number of alkyl halides is 3. The van der Waals surface area contributed by atoms with Crippen molar-refractivity contribution in [3.8, 4) is 11.4 Å². The number of rotatable bonds is 3. The van der Waals surface area contributed by atoms with Crippen LogP contribution in [0.15, 0.2) is 30.5 Å². The zero-order valence-electron chi connectivity index (χ0n) is 11.7. The molecule has 1 aromatic carbocycles. The van der Waals surface area contributed by atoms with Gasteiger partial charge in [0, 0.05) is 11.8 Å². The first-order valence-corrected chi connectivity index (χ1v) is 6.13. The SMILES string of the molecule is [B]C(O)(O)n1cc(C(F)(F)F)nc1-c1ccc(C(=O)OC)cc1. The van der Waals surface area contributed by atoms with E-state index in [4.69, 9.17) is 7.85 Å². The van der Waals surface area contributed by atoms with Crippen LogP contribution in [0.3, 0.4) is 0 Å². The van der Waals surface area contributed by atoms with Gasteiger partial charge in [0.25, 0.3) is 0 Å². The fourth-order valence-corrected chi connectivity index (χ4v) is 1.84. The molecular formula is C13H10BF3N2O4. The highest BCUT2D eigenvalue weighted by Gasteiger charge is 2.37.